The van der Waals surface area contributed by atoms with E-state index in [0.717, 1.165) is 36.0 Å². The van der Waals surface area contributed by atoms with Crippen LogP contribution in [0.25, 0.3) is 0 Å². The largest absolute Gasteiger partial charge is 0.457 e. The lowest BCUT2D eigenvalue weighted by Crippen LogP contribution is -2.22. The molecule has 0 radical (unpaired) electrons. The van der Waals surface area contributed by atoms with E-state index >= 15 is 0 Å². The van der Waals surface area contributed by atoms with Crippen LogP contribution in [0.2, 0.25) is 10.0 Å². The predicted octanol–water partition coefficient (Wildman–Crippen LogP) is 5.56. The molecule has 0 aliphatic rings. The monoisotopic (exact) mass is 387 g/mol. The maximum absolute atomic E-state index is 6.29. The van der Waals surface area contributed by atoms with E-state index in [1.165, 1.54) is 11.9 Å². The normalized spacial score (nSPS) is 10.6. The molecule has 0 aliphatic carbocycles. The van der Waals surface area contributed by atoms with Crippen molar-refractivity contribution in [2.24, 2.45) is 0 Å². The summed E-state index contributed by atoms with van der Waals surface area (Å²) >= 11 is 12.2. The zero-order valence-electron chi connectivity index (χ0n) is 14.6. The molecule has 6 heteroatoms. The molecule has 3 rings (SSSR count). The molecule has 0 spiro atoms. The Balaban J connectivity index is 1.59. The topological polar surface area (TPSA) is 38.2 Å². The summed E-state index contributed by atoms with van der Waals surface area (Å²) in [6.45, 7) is 2.67. The molecule has 0 fully saturated rings. The summed E-state index contributed by atoms with van der Waals surface area (Å²) in [7, 11) is 1.98. The second-order valence-corrected chi connectivity index (χ2v) is 6.78. The number of aryl methyl sites for hydroxylation is 1. The second-order valence-electron chi connectivity index (χ2n) is 5.97. The number of hydrogen-bond donors (Lipinski definition) is 0. The number of benzene rings is 2. The van der Waals surface area contributed by atoms with Gasteiger partial charge in [-0.25, -0.2) is 9.97 Å². The van der Waals surface area contributed by atoms with Crippen LogP contribution in [0.3, 0.4) is 0 Å². The first-order valence-electron chi connectivity index (χ1n) is 8.23. The molecule has 1 aromatic heterocycles. The summed E-state index contributed by atoms with van der Waals surface area (Å²) in [5, 5.41) is 1.29. The lowest BCUT2D eigenvalue weighted by Gasteiger charge is -2.19. The van der Waals surface area contributed by atoms with Gasteiger partial charge in [0.2, 0.25) is 0 Å². The van der Waals surface area contributed by atoms with E-state index < -0.39 is 0 Å². The fourth-order valence-electron chi connectivity index (χ4n) is 2.48. The molecular formula is C20H19Cl2N3O. The van der Waals surface area contributed by atoms with E-state index in [4.69, 9.17) is 27.9 Å². The molecule has 0 unspecified atom stereocenters. The molecule has 1 heterocycles. The fourth-order valence-corrected chi connectivity index (χ4v) is 2.84. The summed E-state index contributed by atoms with van der Waals surface area (Å²) in [5.41, 5.74) is 1.99. The van der Waals surface area contributed by atoms with E-state index in [-0.39, 0.29) is 0 Å². The number of anilines is 1. The summed E-state index contributed by atoms with van der Waals surface area (Å²) in [4.78, 5) is 10.4. The molecule has 4 nitrogen and oxygen atoms in total. The van der Waals surface area contributed by atoms with Crippen molar-refractivity contribution in [2.75, 3.05) is 18.5 Å². The number of likely N-dealkylation sites (N-methyl/N-ethyl adjacent to an activating group) is 1. The van der Waals surface area contributed by atoms with E-state index in [0.29, 0.717) is 10.0 Å². The highest BCUT2D eigenvalue weighted by atomic mass is 35.5. The van der Waals surface area contributed by atoms with Gasteiger partial charge in [0.25, 0.3) is 0 Å². The van der Waals surface area contributed by atoms with Crippen LogP contribution >= 0.6 is 23.2 Å². The maximum Gasteiger partial charge on any atom is 0.150 e. The zero-order chi connectivity index (χ0) is 18.5. The van der Waals surface area contributed by atoms with Crippen molar-refractivity contribution in [3.8, 4) is 11.5 Å². The molecule has 0 saturated heterocycles. The van der Waals surface area contributed by atoms with Crippen LogP contribution in [0, 0.1) is 6.92 Å². The number of halogens is 2. The standard InChI is InChI=1S/C20H19Cl2N3O/c1-14-19(22)20(24-13-23-14)25(2)12-11-15-3-7-17(8-4-15)26-18-9-5-16(21)6-10-18/h3-10,13H,11-12H2,1-2H3. The Labute approximate surface area is 163 Å². The first-order chi connectivity index (χ1) is 12.5. The summed E-state index contributed by atoms with van der Waals surface area (Å²) in [5.74, 6) is 2.30. The highest BCUT2D eigenvalue weighted by molar-refractivity contribution is 6.33. The van der Waals surface area contributed by atoms with Gasteiger partial charge in [0.15, 0.2) is 5.82 Å². The van der Waals surface area contributed by atoms with E-state index in [9.17, 15) is 0 Å². The van der Waals surface area contributed by atoms with Crippen molar-refractivity contribution in [3.05, 3.63) is 76.2 Å². The van der Waals surface area contributed by atoms with Crippen molar-refractivity contribution in [2.45, 2.75) is 13.3 Å². The lowest BCUT2D eigenvalue weighted by molar-refractivity contribution is 0.482. The van der Waals surface area contributed by atoms with Crippen LogP contribution in [0.5, 0.6) is 11.5 Å². The van der Waals surface area contributed by atoms with Gasteiger partial charge >= 0.3 is 0 Å². The van der Waals surface area contributed by atoms with E-state index in [2.05, 4.69) is 22.1 Å². The van der Waals surface area contributed by atoms with Gasteiger partial charge < -0.3 is 9.64 Å². The van der Waals surface area contributed by atoms with Crippen LogP contribution in [-0.2, 0) is 6.42 Å². The quantitative estimate of drug-likeness (QED) is 0.554. The zero-order valence-corrected chi connectivity index (χ0v) is 16.1. The number of aromatic nitrogens is 2. The van der Waals surface area contributed by atoms with Gasteiger partial charge in [0.05, 0.1) is 5.69 Å². The third-order valence-corrected chi connectivity index (χ3v) is 4.71. The third kappa shape index (κ3) is 4.65. The number of rotatable bonds is 6. The number of hydrogen-bond acceptors (Lipinski definition) is 4. The summed E-state index contributed by atoms with van der Waals surface area (Å²) in [6.07, 6.45) is 2.41. The molecule has 0 amide bonds. The molecule has 2 aromatic carbocycles. The highest BCUT2D eigenvalue weighted by Gasteiger charge is 2.10. The minimum atomic E-state index is 0.599. The first kappa shape index (κ1) is 18.5. The van der Waals surface area contributed by atoms with Crippen molar-refractivity contribution in [1.82, 2.24) is 9.97 Å². The van der Waals surface area contributed by atoms with Gasteiger partial charge in [0, 0.05) is 18.6 Å². The predicted molar refractivity (Wildman–Crippen MR) is 107 cm³/mol. The van der Waals surface area contributed by atoms with Gasteiger partial charge in [-0.15, -0.1) is 0 Å². The Bertz CT molecular complexity index is 867. The van der Waals surface area contributed by atoms with Crippen molar-refractivity contribution in [3.63, 3.8) is 0 Å². The molecular weight excluding hydrogens is 369 g/mol. The van der Waals surface area contributed by atoms with Crippen LogP contribution in [0.1, 0.15) is 11.3 Å². The van der Waals surface area contributed by atoms with Crippen molar-refractivity contribution < 1.29 is 4.74 Å². The molecule has 0 bridgehead atoms. The van der Waals surface area contributed by atoms with Crippen LogP contribution < -0.4 is 9.64 Å². The van der Waals surface area contributed by atoms with E-state index in [1.807, 2.05) is 43.1 Å². The smallest absolute Gasteiger partial charge is 0.150 e. The van der Waals surface area contributed by atoms with Gasteiger partial charge in [-0.1, -0.05) is 35.3 Å². The van der Waals surface area contributed by atoms with Gasteiger partial charge in [0.1, 0.15) is 22.8 Å². The van der Waals surface area contributed by atoms with Gasteiger partial charge in [-0.2, -0.15) is 0 Å². The van der Waals surface area contributed by atoms with Crippen LogP contribution in [0.4, 0.5) is 5.82 Å². The Kier molecular flexibility index (Phi) is 5.96. The SMILES string of the molecule is Cc1ncnc(N(C)CCc2ccc(Oc3ccc(Cl)cc3)cc2)c1Cl. The fraction of sp³-hybridized carbons (Fsp3) is 0.200. The highest BCUT2D eigenvalue weighted by Crippen LogP contribution is 2.25. The first-order valence-corrected chi connectivity index (χ1v) is 8.99. The summed E-state index contributed by atoms with van der Waals surface area (Å²) in [6, 6.07) is 15.4. The molecule has 3 aromatic rings. The Hall–Kier alpha value is -2.30. The van der Waals surface area contributed by atoms with Gasteiger partial charge in [-0.3, -0.25) is 0 Å². The molecule has 0 atom stereocenters. The molecule has 0 aliphatic heterocycles. The number of ether oxygens (including phenoxy) is 1. The maximum atomic E-state index is 6.29. The molecule has 0 N–H and O–H groups in total. The Morgan fingerprint density at radius 3 is 2.19 bits per heavy atom. The second kappa shape index (κ2) is 8.39. The van der Waals surface area contributed by atoms with Gasteiger partial charge in [-0.05, 0) is 55.3 Å². The summed E-state index contributed by atoms with van der Waals surface area (Å²) < 4.78 is 5.81. The van der Waals surface area contributed by atoms with Crippen LogP contribution in [0.15, 0.2) is 54.9 Å². The molecule has 26 heavy (non-hydrogen) atoms. The average molecular weight is 388 g/mol. The van der Waals surface area contributed by atoms with Crippen molar-refractivity contribution >= 4 is 29.0 Å². The minimum absolute atomic E-state index is 0.599. The Morgan fingerprint density at radius 2 is 1.54 bits per heavy atom. The average Bonchev–Trinajstić information content (AvgIpc) is 2.65. The van der Waals surface area contributed by atoms with E-state index in [1.54, 1.807) is 12.1 Å². The lowest BCUT2D eigenvalue weighted by atomic mass is 10.1. The van der Waals surface area contributed by atoms with Crippen LogP contribution in [-0.4, -0.2) is 23.6 Å². The number of nitrogens with zero attached hydrogens (tertiary/aromatic N) is 3. The third-order valence-electron chi connectivity index (χ3n) is 4.02. The van der Waals surface area contributed by atoms with Crippen molar-refractivity contribution in [1.29, 1.82) is 0 Å². The molecule has 0 saturated carbocycles. The minimum Gasteiger partial charge on any atom is -0.457 e. The molecule has 134 valence electrons. The Morgan fingerprint density at radius 1 is 0.923 bits per heavy atom.